The molecule has 0 aliphatic carbocycles. The number of esters is 1. The van der Waals surface area contributed by atoms with Crippen LogP contribution in [0.2, 0.25) is 0 Å². The van der Waals surface area contributed by atoms with Crippen LogP contribution in [0, 0.1) is 0 Å². The Morgan fingerprint density at radius 3 is 2.40 bits per heavy atom. The van der Waals surface area contributed by atoms with Gasteiger partial charge in [0.15, 0.2) is 0 Å². The van der Waals surface area contributed by atoms with Gasteiger partial charge in [-0.2, -0.15) is 0 Å². The quantitative estimate of drug-likeness (QED) is 0.577. The molecule has 1 aliphatic heterocycles. The van der Waals surface area contributed by atoms with E-state index in [0.29, 0.717) is 5.57 Å². The van der Waals surface area contributed by atoms with Crippen LogP contribution in [0.1, 0.15) is 18.4 Å². The molecule has 2 atom stereocenters. The molecule has 0 radical (unpaired) electrons. The minimum atomic E-state index is -0.282. The van der Waals surface area contributed by atoms with Gasteiger partial charge in [0, 0.05) is 10.0 Å². The fourth-order valence-electron chi connectivity index (χ4n) is 1.87. The summed E-state index contributed by atoms with van der Waals surface area (Å²) in [4.78, 5) is 11.3. The van der Waals surface area contributed by atoms with E-state index in [1.807, 2.05) is 31.2 Å². The van der Waals surface area contributed by atoms with E-state index >= 15 is 0 Å². The zero-order chi connectivity index (χ0) is 11.0. The van der Waals surface area contributed by atoms with E-state index in [1.54, 1.807) is 0 Å². The number of carbonyl (C=O) groups excluding carboxylic acids is 1. The maximum absolute atomic E-state index is 11.3. The number of cyclic esters (lactones) is 1. The molecule has 1 heterocycles. The van der Waals surface area contributed by atoms with Crippen molar-refractivity contribution < 1.29 is 9.53 Å². The first kappa shape index (κ1) is 10.4. The monoisotopic (exact) mass is 266 g/mol. The number of benzene rings is 1. The van der Waals surface area contributed by atoms with E-state index in [4.69, 9.17) is 4.74 Å². The Morgan fingerprint density at radius 2 is 1.93 bits per heavy atom. The van der Waals surface area contributed by atoms with E-state index < -0.39 is 0 Å². The highest BCUT2D eigenvalue weighted by atomic mass is 79.9. The Bertz CT molecular complexity index is 408. The Labute approximate surface area is 97.1 Å². The number of hydrogen-bond donors (Lipinski definition) is 0. The summed E-state index contributed by atoms with van der Waals surface area (Å²) < 4.78 is 6.14. The standard InChI is InChI=1S/C12H11BrO2/c1-7-11(8(2)15-12(7)14)9-3-5-10(13)6-4-9/h3-6,8,11H,1H2,2H3. The summed E-state index contributed by atoms with van der Waals surface area (Å²) in [7, 11) is 0. The van der Waals surface area contributed by atoms with Crippen molar-refractivity contribution in [2.24, 2.45) is 0 Å². The molecular formula is C12H11BrO2. The number of rotatable bonds is 1. The molecule has 2 unspecified atom stereocenters. The molecule has 2 nitrogen and oxygen atoms in total. The van der Waals surface area contributed by atoms with Crippen LogP contribution in [0.15, 0.2) is 40.9 Å². The van der Waals surface area contributed by atoms with Crippen molar-refractivity contribution in [3.8, 4) is 0 Å². The predicted molar refractivity (Wildman–Crippen MR) is 61.6 cm³/mol. The summed E-state index contributed by atoms with van der Waals surface area (Å²) in [5, 5.41) is 0. The normalized spacial score (nSPS) is 25.5. The third-order valence-corrected chi connectivity index (χ3v) is 3.16. The van der Waals surface area contributed by atoms with Crippen molar-refractivity contribution in [3.63, 3.8) is 0 Å². The lowest BCUT2D eigenvalue weighted by atomic mass is 9.90. The largest absolute Gasteiger partial charge is 0.458 e. The highest BCUT2D eigenvalue weighted by Gasteiger charge is 2.36. The number of hydrogen-bond acceptors (Lipinski definition) is 2. The first-order chi connectivity index (χ1) is 7.09. The van der Waals surface area contributed by atoms with E-state index in [9.17, 15) is 4.79 Å². The maximum atomic E-state index is 11.3. The molecule has 1 aliphatic rings. The van der Waals surface area contributed by atoms with Gasteiger partial charge >= 0.3 is 5.97 Å². The topological polar surface area (TPSA) is 26.3 Å². The molecule has 78 valence electrons. The second-order valence-corrected chi connectivity index (χ2v) is 4.58. The summed E-state index contributed by atoms with van der Waals surface area (Å²) in [6, 6.07) is 7.88. The molecule has 3 heteroatoms. The Morgan fingerprint density at radius 1 is 1.33 bits per heavy atom. The molecule has 15 heavy (non-hydrogen) atoms. The van der Waals surface area contributed by atoms with Crippen molar-refractivity contribution in [2.75, 3.05) is 0 Å². The number of ether oxygens (including phenoxy) is 1. The van der Waals surface area contributed by atoms with Crippen molar-refractivity contribution >= 4 is 21.9 Å². The highest BCUT2D eigenvalue weighted by Crippen LogP contribution is 2.35. The lowest BCUT2D eigenvalue weighted by molar-refractivity contribution is -0.138. The van der Waals surface area contributed by atoms with Crippen LogP contribution in [-0.4, -0.2) is 12.1 Å². The van der Waals surface area contributed by atoms with Gasteiger partial charge in [-0.15, -0.1) is 0 Å². The van der Waals surface area contributed by atoms with Crippen molar-refractivity contribution in [2.45, 2.75) is 18.9 Å². The molecule has 1 aromatic rings. The SMILES string of the molecule is C=C1C(=O)OC(C)C1c1ccc(Br)cc1. The van der Waals surface area contributed by atoms with Gasteiger partial charge in [0.2, 0.25) is 0 Å². The summed E-state index contributed by atoms with van der Waals surface area (Å²) in [6.45, 7) is 5.67. The van der Waals surface area contributed by atoms with Gasteiger partial charge in [-0.25, -0.2) is 4.79 Å². The highest BCUT2D eigenvalue weighted by molar-refractivity contribution is 9.10. The minimum absolute atomic E-state index is 0.00870. The molecule has 0 spiro atoms. The van der Waals surface area contributed by atoms with Gasteiger partial charge in [-0.1, -0.05) is 34.6 Å². The molecule has 0 aromatic heterocycles. The number of halogens is 1. The molecular weight excluding hydrogens is 256 g/mol. The van der Waals surface area contributed by atoms with E-state index in [1.165, 1.54) is 0 Å². The Kier molecular flexibility index (Phi) is 2.65. The van der Waals surface area contributed by atoms with Crippen LogP contribution in [-0.2, 0) is 9.53 Å². The average molecular weight is 267 g/mol. The van der Waals surface area contributed by atoms with Gasteiger partial charge in [0.1, 0.15) is 6.10 Å². The molecule has 2 rings (SSSR count). The van der Waals surface area contributed by atoms with Crippen molar-refractivity contribution in [1.29, 1.82) is 0 Å². The zero-order valence-corrected chi connectivity index (χ0v) is 9.95. The average Bonchev–Trinajstić information content (AvgIpc) is 2.44. The van der Waals surface area contributed by atoms with Gasteiger partial charge in [0.05, 0.1) is 5.92 Å². The van der Waals surface area contributed by atoms with Crippen LogP contribution in [0.3, 0.4) is 0 Å². The van der Waals surface area contributed by atoms with Gasteiger partial charge in [-0.05, 0) is 24.6 Å². The maximum Gasteiger partial charge on any atom is 0.334 e. The second kappa shape index (κ2) is 3.81. The lowest BCUT2D eigenvalue weighted by Gasteiger charge is -2.13. The Balaban J connectivity index is 2.35. The smallest absolute Gasteiger partial charge is 0.334 e. The molecule has 0 bridgehead atoms. The van der Waals surface area contributed by atoms with Crippen LogP contribution in [0.5, 0.6) is 0 Å². The summed E-state index contributed by atoms with van der Waals surface area (Å²) >= 11 is 3.38. The van der Waals surface area contributed by atoms with Crippen LogP contribution >= 0.6 is 15.9 Å². The first-order valence-corrected chi connectivity index (χ1v) is 5.54. The summed E-state index contributed by atoms with van der Waals surface area (Å²) in [5.41, 5.74) is 1.62. The molecule has 0 saturated carbocycles. The van der Waals surface area contributed by atoms with E-state index in [-0.39, 0.29) is 18.0 Å². The van der Waals surface area contributed by atoms with Crippen molar-refractivity contribution in [1.82, 2.24) is 0 Å². The number of carbonyl (C=O) groups is 1. The first-order valence-electron chi connectivity index (χ1n) is 4.75. The van der Waals surface area contributed by atoms with Gasteiger partial charge in [-0.3, -0.25) is 0 Å². The Hall–Kier alpha value is -1.09. The molecule has 1 saturated heterocycles. The van der Waals surface area contributed by atoms with Gasteiger partial charge < -0.3 is 4.74 Å². The zero-order valence-electron chi connectivity index (χ0n) is 8.37. The van der Waals surface area contributed by atoms with Crippen LogP contribution in [0.25, 0.3) is 0 Å². The third-order valence-electron chi connectivity index (χ3n) is 2.63. The lowest BCUT2D eigenvalue weighted by Crippen LogP contribution is -2.09. The molecule has 0 N–H and O–H groups in total. The third kappa shape index (κ3) is 1.84. The summed E-state index contributed by atoms with van der Waals surface area (Å²) in [6.07, 6.45) is -0.119. The summed E-state index contributed by atoms with van der Waals surface area (Å²) in [5.74, 6) is -0.291. The van der Waals surface area contributed by atoms with Crippen LogP contribution < -0.4 is 0 Å². The fraction of sp³-hybridized carbons (Fsp3) is 0.250. The molecule has 1 aromatic carbocycles. The predicted octanol–water partition coefficient (Wildman–Crippen LogP) is 3.03. The van der Waals surface area contributed by atoms with Crippen molar-refractivity contribution in [3.05, 3.63) is 46.5 Å². The van der Waals surface area contributed by atoms with Gasteiger partial charge in [0.25, 0.3) is 0 Å². The minimum Gasteiger partial charge on any atom is -0.458 e. The second-order valence-electron chi connectivity index (χ2n) is 3.66. The van der Waals surface area contributed by atoms with Crippen LogP contribution in [0.4, 0.5) is 0 Å². The fourth-order valence-corrected chi connectivity index (χ4v) is 2.13. The molecule has 1 fully saturated rings. The van der Waals surface area contributed by atoms with E-state index in [2.05, 4.69) is 22.5 Å². The molecule has 0 amide bonds. The van der Waals surface area contributed by atoms with E-state index in [0.717, 1.165) is 10.0 Å².